The number of carbonyl (C=O) groups is 1. The highest BCUT2D eigenvalue weighted by molar-refractivity contribution is 5.99. The van der Waals surface area contributed by atoms with E-state index in [0.717, 1.165) is 0 Å². The van der Waals surface area contributed by atoms with Crippen LogP contribution in [0.1, 0.15) is 16.1 Å². The van der Waals surface area contributed by atoms with Crippen LogP contribution in [0.4, 0.5) is 8.78 Å². The second kappa shape index (κ2) is 5.44. The van der Waals surface area contributed by atoms with Gasteiger partial charge in [-0.1, -0.05) is 12.1 Å². The second-order valence-electron chi connectivity index (χ2n) is 3.55. The SMILES string of the molecule is O=C(Cc1ccco1)c1ccccc1OC(F)F. The van der Waals surface area contributed by atoms with Crippen LogP contribution < -0.4 is 4.74 Å². The fraction of sp³-hybridized carbons (Fsp3) is 0.154. The molecule has 0 saturated heterocycles. The predicted octanol–water partition coefficient (Wildman–Crippen LogP) is 3.31. The maximum absolute atomic E-state index is 12.2. The molecule has 0 aliphatic rings. The molecular formula is C13H10F2O3. The zero-order chi connectivity index (χ0) is 13.0. The molecule has 1 aromatic carbocycles. The zero-order valence-corrected chi connectivity index (χ0v) is 9.31. The lowest BCUT2D eigenvalue weighted by atomic mass is 10.1. The molecule has 0 unspecified atom stereocenters. The number of hydrogen-bond donors (Lipinski definition) is 0. The number of benzene rings is 1. The summed E-state index contributed by atoms with van der Waals surface area (Å²) < 4.78 is 33.7. The van der Waals surface area contributed by atoms with Gasteiger partial charge in [-0.25, -0.2) is 0 Å². The molecule has 2 aromatic rings. The van der Waals surface area contributed by atoms with Crippen molar-refractivity contribution in [2.24, 2.45) is 0 Å². The van der Waals surface area contributed by atoms with E-state index in [1.165, 1.54) is 24.5 Å². The maximum atomic E-state index is 12.2. The third-order valence-electron chi connectivity index (χ3n) is 2.32. The van der Waals surface area contributed by atoms with Crippen LogP contribution in [0.5, 0.6) is 5.75 Å². The summed E-state index contributed by atoms with van der Waals surface area (Å²) in [5.74, 6) is 0.0251. The number of carbonyl (C=O) groups excluding carboxylic acids is 1. The van der Waals surface area contributed by atoms with Crippen molar-refractivity contribution in [3.05, 3.63) is 54.0 Å². The van der Waals surface area contributed by atoms with Gasteiger partial charge >= 0.3 is 6.61 Å². The third kappa shape index (κ3) is 2.94. The highest BCUT2D eigenvalue weighted by Crippen LogP contribution is 2.22. The van der Waals surface area contributed by atoms with Crippen LogP contribution in [-0.2, 0) is 6.42 Å². The Kier molecular flexibility index (Phi) is 3.72. The summed E-state index contributed by atoms with van der Waals surface area (Å²) >= 11 is 0. The number of rotatable bonds is 5. The van der Waals surface area contributed by atoms with Crippen molar-refractivity contribution in [3.8, 4) is 5.75 Å². The van der Waals surface area contributed by atoms with Crippen LogP contribution in [0.15, 0.2) is 47.1 Å². The van der Waals surface area contributed by atoms with Gasteiger partial charge < -0.3 is 9.15 Å². The summed E-state index contributed by atoms with van der Waals surface area (Å²) in [5, 5.41) is 0. The van der Waals surface area contributed by atoms with Gasteiger partial charge in [0.1, 0.15) is 11.5 Å². The molecule has 0 spiro atoms. The van der Waals surface area contributed by atoms with E-state index in [1.54, 1.807) is 18.2 Å². The Morgan fingerprint density at radius 3 is 2.67 bits per heavy atom. The van der Waals surface area contributed by atoms with Gasteiger partial charge in [0.05, 0.1) is 18.2 Å². The van der Waals surface area contributed by atoms with Gasteiger partial charge in [-0.05, 0) is 24.3 Å². The lowest BCUT2D eigenvalue weighted by Crippen LogP contribution is -2.09. The number of hydrogen-bond acceptors (Lipinski definition) is 3. The molecule has 0 saturated carbocycles. The molecule has 18 heavy (non-hydrogen) atoms. The molecule has 5 heteroatoms. The van der Waals surface area contributed by atoms with Crippen molar-refractivity contribution < 1.29 is 22.7 Å². The first-order valence-corrected chi connectivity index (χ1v) is 5.26. The number of ketones is 1. The minimum Gasteiger partial charge on any atom is -0.469 e. The van der Waals surface area contributed by atoms with E-state index in [0.29, 0.717) is 5.76 Å². The number of Topliss-reactive ketones (excluding diaryl/α,β-unsaturated/α-hetero) is 1. The summed E-state index contributed by atoms with van der Waals surface area (Å²) in [6.07, 6.45) is 1.46. The minimum atomic E-state index is -2.96. The van der Waals surface area contributed by atoms with Gasteiger partial charge in [0.15, 0.2) is 5.78 Å². The number of ether oxygens (including phenoxy) is 1. The molecule has 0 N–H and O–H groups in total. The van der Waals surface area contributed by atoms with E-state index in [9.17, 15) is 13.6 Å². The Labute approximate surface area is 102 Å². The van der Waals surface area contributed by atoms with Crippen molar-refractivity contribution in [2.45, 2.75) is 13.0 Å². The smallest absolute Gasteiger partial charge is 0.387 e. The van der Waals surface area contributed by atoms with Crippen LogP contribution in [0.3, 0.4) is 0 Å². The Morgan fingerprint density at radius 1 is 1.22 bits per heavy atom. The fourth-order valence-corrected chi connectivity index (χ4v) is 1.56. The maximum Gasteiger partial charge on any atom is 0.387 e. The molecule has 0 fully saturated rings. The minimum absolute atomic E-state index is 0.0105. The molecule has 0 aliphatic carbocycles. The van der Waals surface area contributed by atoms with E-state index in [1.807, 2.05) is 0 Å². The first-order chi connectivity index (χ1) is 8.66. The highest BCUT2D eigenvalue weighted by atomic mass is 19.3. The third-order valence-corrected chi connectivity index (χ3v) is 2.32. The van der Waals surface area contributed by atoms with Crippen molar-refractivity contribution >= 4 is 5.78 Å². The van der Waals surface area contributed by atoms with E-state index in [4.69, 9.17) is 4.42 Å². The first kappa shape index (κ1) is 12.3. The number of para-hydroxylation sites is 1. The molecule has 0 radical (unpaired) electrons. The predicted molar refractivity (Wildman–Crippen MR) is 59.8 cm³/mol. The fourth-order valence-electron chi connectivity index (χ4n) is 1.56. The van der Waals surface area contributed by atoms with E-state index >= 15 is 0 Å². The van der Waals surface area contributed by atoms with Crippen molar-refractivity contribution in [2.75, 3.05) is 0 Å². The Morgan fingerprint density at radius 2 is 2.00 bits per heavy atom. The number of furan rings is 1. The van der Waals surface area contributed by atoms with Crippen molar-refractivity contribution in [1.82, 2.24) is 0 Å². The molecule has 3 nitrogen and oxygen atoms in total. The van der Waals surface area contributed by atoms with Gasteiger partial charge in [-0.2, -0.15) is 8.78 Å². The van der Waals surface area contributed by atoms with Crippen LogP contribution in [0.25, 0.3) is 0 Å². The van der Waals surface area contributed by atoms with Crippen LogP contribution in [-0.4, -0.2) is 12.4 Å². The molecular weight excluding hydrogens is 242 g/mol. The Hall–Kier alpha value is -2.17. The second-order valence-corrected chi connectivity index (χ2v) is 3.55. The lowest BCUT2D eigenvalue weighted by Gasteiger charge is -2.08. The summed E-state index contributed by atoms with van der Waals surface area (Å²) in [6.45, 7) is -2.96. The van der Waals surface area contributed by atoms with Crippen LogP contribution in [0, 0.1) is 0 Å². The van der Waals surface area contributed by atoms with E-state index in [-0.39, 0.29) is 23.5 Å². The monoisotopic (exact) mass is 252 g/mol. The molecule has 0 amide bonds. The van der Waals surface area contributed by atoms with Crippen molar-refractivity contribution in [3.63, 3.8) is 0 Å². The van der Waals surface area contributed by atoms with Gasteiger partial charge in [-0.3, -0.25) is 4.79 Å². The van der Waals surface area contributed by atoms with Gasteiger partial charge in [-0.15, -0.1) is 0 Å². The normalized spacial score (nSPS) is 10.6. The summed E-state index contributed by atoms with van der Waals surface area (Å²) in [4.78, 5) is 11.9. The Balaban J connectivity index is 2.19. The largest absolute Gasteiger partial charge is 0.469 e. The van der Waals surface area contributed by atoms with Gasteiger partial charge in [0, 0.05) is 0 Å². The summed E-state index contributed by atoms with van der Waals surface area (Å²) in [6, 6.07) is 9.21. The lowest BCUT2D eigenvalue weighted by molar-refractivity contribution is -0.0501. The highest BCUT2D eigenvalue weighted by Gasteiger charge is 2.16. The van der Waals surface area contributed by atoms with Crippen LogP contribution in [0.2, 0.25) is 0 Å². The molecule has 1 heterocycles. The molecule has 0 aliphatic heterocycles. The average Bonchev–Trinajstić information content (AvgIpc) is 2.81. The Bertz CT molecular complexity index is 521. The zero-order valence-electron chi connectivity index (χ0n) is 9.31. The molecule has 94 valence electrons. The molecule has 2 rings (SSSR count). The van der Waals surface area contributed by atoms with Crippen LogP contribution >= 0.6 is 0 Å². The molecule has 1 aromatic heterocycles. The standard InChI is InChI=1S/C13H10F2O3/c14-13(15)18-12-6-2-1-5-10(12)11(16)8-9-4-3-7-17-9/h1-7,13H,8H2. The van der Waals surface area contributed by atoms with E-state index in [2.05, 4.69) is 4.74 Å². The molecule has 0 atom stereocenters. The van der Waals surface area contributed by atoms with Gasteiger partial charge in [0.25, 0.3) is 0 Å². The van der Waals surface area contributed by atoms with Gasteiger partial charge in [0.2, 0.25) is 0 Å². The average molecular weight is 252 g/mol. The topological polar surface area (TPSA) is 39.4 Å². The quantitative estimate of drug-likeness (QED) is 0.766. The van der Waals surface area contributed by atoms with E-state index < -0.39 is 6.61 Å². The number of halogens is 2. The number of alkyl halides is 2. The molecule has 0 bridgehead atoms. The summed E-state index contributed by atoms with van der Waals surface area (Å²) in [5.41, 5.74) is 0.120. The summed E-state index contributed by atoms with van der Waals surface area (Å²) in [7, 11) is 0. The van der Waals surface area contributed by atoms with Crippen molar-refractivity contribution in [1.29, 1.82) is 0 Å². The first-order valence-electron chi connectivity index (χ1n) is 5.26.